The predicted molar refractivity (Wildman–Crippen MR) is 97.3 cm³/mol. The second-order valence-corrected chi connectivity index (χ2v) is 7.37. The van der Waals surface area contributed by atoms with Crippen molar-refractivity contribution in [3.63, 3.8) is 0 Å². The molecule has 2 aromatic rings. The zero-order valence-corrected chi connectivity index (χ0v) is 15.3. The van der Waals surface area contributed by atoms with Gasteiger partial charge in [0.2, 0.25) is 0 Å². The van der Waals surface area contributed by atoms with E-state index in [1.807, 2.05) is 6.20 Å². The van der Waals surface area contributed by atoms with Crippen molar-refractivity contribution >= 4 is 5.82 Å². The molecule has 1 aliphatic rings. The van der Waals surface area contributed by atoms with E-state index in [0.717, 1.165) is 31.7 Å². The molecule has 1 unspecified atom stereocenters. The van der Waals surface area contributed by atoms with E-state index in [0.29, 0.717) is 19.1 Å². The number of aliphatic hydroxyl groups is 1. The minimum absolute atomic E-state index is 0.423. The van der Waals surface area contributed by atoms with Gasteiger partial charge in [0, 0.05) is 38.6 Å². The van der Waals surface area contributed by atoms with Crippen LogP contribution >= 0.6 is 0 Å². The molecular weight excluding hydrogens is 316 g/mol. The quantitative estimate of drug-likeness (QED) is 0.857. The highest BCUT2D eigenvalue weighted by Crippen LogP contribution is 2.24. The maximum Gasteiger partial charge on any atom is 0.128 e. The van der Waals surface area contributed by atoms with Crippen LogP contribution in [0.25, 0.3) is 0 Å². The van der Waals surface area contributed by atoms with E-state index in [9.17, 15) is 5.11 Å². The number of piperidine rings is 1. The first-order valence-electron chi connectivity index (χ1n) is 8.92. The monoisotopic (exact) mass is 344 g/mol. The van der Waals surface area contributed by atoms with E-state index >= 15 is 0 Å². The molecule has 3 heterocycles. The molecule has 7 heteroatoms. The Balaban J connectivity index is 1.60. The van der Waals surface area contributed by atoms with Gasteiger partial charge in [0.15, 0.2) is 0 Å². The van der Waals surface area contributed by atoms with E-state index in [2.05, 4.69) is 58.1 Å². The molecule has 0 bridgehead atoms. The average Bonchev–Trinajstić information content (AvgIpc) is 3.07. The fraction of sp³-hybridized carbons (Fsp3) is 0.611. The van der Waals surface area contributed by atoms with Crippen LogP contribution in [-0.2, 0) is 13.1 Å². The number of hydrogen-bond acceptors (Lipinski definition) is 6. The second-order valence-electron chi connectivity index (χ2n) is 7.37. The van der Waals surface area contributed by atoms with Gasteiger partial charge < -0.3 is 10.0 Å². The summed E-state index contributed by atoms with van der Waals surface area (Å²) in [7, 11) is 2.06. The van der Waals surface area contributed by atoms with Crippen LogP contribution in [0.2, 0.25) is 0 Å². The third-order valence-corrected chi connectivity index (χ3v) is 4.91. The Bertz CT molecular complexity index is 657. The Morgan fingerprint density at radius 2 is 2.20 bits per heavy atom. The van der Waals surface area contributed by atoms with Crippen molar-refractivity contribution in [2.75, 3.05) is 25.0 Å². The normalized spacial score (nSPS) is 21.6. The van der Waals surface area contributed by atoms with Gasteiger partial charge in [-0.25, -0.2) is 9.67 Å². The Hall–Kier alpha value is -1.99. The maximum atomic E-state index is 10.9. The van der Waals surface area contributed by atoms with E-state index < -0.39 is 5.60 Å². The maximum absolute atomic E-state index is 10.9. The molecule has 0 aromatic carbocycles. The lowest BCUT2D eigenvalue weighted by molar-refractivity contribution is -0.0478. The lowest BCUT2D eigenvalue weighted by Gasteiger charge is -2.39. The molecule has 0 spiro atoms. The van der Waals surface area contributed by atoms with Crippen LogP contribution in [0.1, 0.15) is 32.3 Å². The number of likely N-dealkylation sites (tertiary alicyclic amines) is 1. The number of nitrogens with zero attached hydrogens (tertiary/aromatic N) is 6. The van der Waals surface area contributed by atoms with Gasteiger partial charge in [-0.05, 0) is 44.9 Å². The van der Waals surface area contributed by atoms with Crippen LogP contribution in [0.4, 0.5) is 5.82 Å². The minimum atomic E-state index is -0.753. The molecule has 136 valence electrons. The Morgan fingerprint density at radius 1 is 1.36 bits per heavy atom. The second kappa shape index (κ2) is 7.49. The fourth-order valence-corrected chi connectivity index (χ4v) is 3.33. The molecule has 0 saturated carbocycles. The summed E-state index contributed by atoms with van der Waals surface area (Å²) in [6.45, 7) is 7.23. The molecule has 2 aromatic heterocycles. The largest absolute Gasteiger partial charge is 0.387 e. The van der Waals surface area contributed by atoms with Gasteiger partial charge in [-0.2, -0.15) is 0 Å². The molecule has 1 fully saturated rings. The van der Waals surface area contributed by atoms with Crippen LogP contribution in [0.3, 0.4) is 0 Å². The lowest BCUT2D eigenvalue weighted by Crippen LogP contribution is -2.50. The van der Waals surface area contributed by atoms with Crippen molar-refractivity contribution in [2.45, 2.75) is 51.4 Å². The van der Waals surface area contributed by atoms with Crippen molar-refractivity contribution in [1.29, 1.82) is 0 Å². The number of pyridine rings is 1. The molecule has 0 aliphatic carbocycles. The summed E-state index contributed by atoms with van der Waals surface area (Å²) < 4.78 is 1.71. The van der Waals surface area contributed by atoms with Crippen molar-refractivity contribution in [1.82, 2.24) is 24.9 Å². The molecule has 1 saturated heterocycles. The van der Waals surface area contributed by atoms with E-state index in [-0.39, 0.29) is 0 Å². The predicted octanol–water partition coefficient (Wildman–Crippen LogP) is 1.54. The van der Waals surface area contributed by atoms with Crippen molar-refractivity contribution in [2.24, 2.45) is 0 Å². The summed E-state index contributed by atoms with van der Waals surface area (Å²) in [5, 5.41) is 18.7. The highest BCUT2D eigenvalue weighted by molar-refractivity contribution is 5.39. The molecule has 3 rings (SSSR count). The highest BCUT2D eigenvalue weighted by Gasteiger charge is 2.34. The van der Waals surface area contributed by atoms with Crippen LogP contribution in [-0.4, -0.2) is 61.8 Å². The summed E-state index contributed by atoms with van der Waals surface area (Å²) in [5.41, 5.74) is 0.419. The summed E-state index contributed by atoms with van der Waals surface area (Å²) in [6, 6.07) is 4.62. The van der Waals surface area contributed by atoms with Crippen molar-refractivity contribution in [3.8, 4) is 0 Å². The third kappa shape index (κ3) is 4.55. The van der Waals surface area contributed by atoms with Crippen LogP contribution in [0, 0.1) is 0 Å². The van der Waals surface area contributed by atoms with Gasteiger partial charge in [-0.1, -0.05) is 11.3 Å². The number of anilines is 1. The Labute approximate surface area is 149 Å². The highest BCUT2D eigenvalue weighted by atomic mass is 16.3. The number of rotatable bonds is 6. The average molecular weight is 344 g/mol. The molecule has 1 aliphatic heterocycles. The zero-order chi connectivity index (χ0) is 17.9. The Morgan fingerprint density at radius 3 is 2.84 bits per heavy atom. The molecule has 0 radical (unpaired) electrons. The van der Waals surface area contributed by atoms with Gasteiger partial charge in [-0.3, -0.25) is 4.90 Å². The van der Waals surface area contributed by atoms with Gasteiger partial charge in [0.1, 0.15) is 5.82 Å². The zero-order valence-electron chi connectivity index (χ0n) is 15.3. The molecule has 1 N–H and O–H groups in total. The summed E-state index contributed by atoms with van der Waals surface area (Å²) in [6.07, 6.45) is 7.15. The SMILES string of the molecule is CC(C)N(C)c1ccc(CN2CCCC(O)(Cn3ccnn3)C2)cn1. The van der Waals surface area contributed by atoms with Gasteiger partial charge in [-0.15, -0.1) is 5.10 Å². The fourth-order valence-electron chi connectivity index (χ4n) is 3.33. The molecule has 7 nitrogen and oxygen atoms in total. The standard InChI is InChI=1S/C18H28N6O/c1-15(2)22(3)17-6-5-16(11-19-17)12-23-9-4-7-18(25,13-23)14-24-10-8-20-21-24/h5-6,8,10-11,15,25H,4,7,9,12-14H2,1-3H3. The minimum Gasteiger partial charge on any atom is -0.387 e. The van der Waals surface area contributed by atoms with E-state index in [1.165, 1.54) is 5.56 Å². The van der Waals surface area contributed by atoms with Gasteiger partial charge in [0.05, 0.1) is 18.3 Å². The Kier molecular flexibility index (Phi) is 5.34. The summed E-state index contributed by atoms with van der Waals surface area (Å²) >= 11 is 0. The van der Waals surface area contributed by atoms with Gasteiger partial charge in [0.25, 0.3) is 0 Å². The van der Waals surface area contributed by atoms with Crippen molar-refractivity contribution < 1.29 is 5.11 Å². The van der Waals surface area contributed by atoms with E-state index in [4.69, 9.17) is 0 Å². The first-order chi connectivity index (χ1) is 12.0. The lowest BCUT2D eigenvalue weighted by atomic mass is 9.92. The first-order valence-corrected chi connectivity index (χ1v) is 8.92. The summed E-state index contributed by atoms with van der Waals surface area (Å²) in [4.78, 5) is 9.03. The third-order valence-electron chi connectivity index (χ3n) is 4.91. The van der Waals surface area contributed by atoms with Crippen molar-refractivity contribution in [3.05, 3.63) is 36.3 Å². The topological polar surface area (TPSA) is 70.3 Å². The first kappa shape index (κ1) is 17.8. The van der Waals surface area contributed by atoms with E-state index in [1.54, 1.807) is 17.1 Å². The molecule has 1 atom stereocenters. The number of β-amino-alcohol motifs (C(OH)–C–C–N with tert-alkyl or cyclic N) is 1. The molecule has 0 amide bonds. The smallest absolute Gasteiger partial charge is 0.128 e. The number of hydrogen-bond donors (Lipinski definition) is 1. The molecular formula is C18H28N6O. The van der Waals surface area contributed by atoms with Crippen LogP contribution < -0.4 is 4.90 Å². The van der Waals surface area contributed by atoms with Crippen LogP contribution in [0.5, 0.6) is 0 Å². The number of aromatic nitrogens is 4. The van der Waals surface area contributed by atoms with Crippen LogP contribution in [0.15, 0.2) is 30.7 Å². The summed E-state index contributed by atoms with van der Waals surface area (Å²) in [5.74, 6) is 0.986. The molecule has 25 heavy (non-hydrogen) atoms. The van der Waals surface area contributed by atoms with Gasteiger partial charge >= 0.3 is 0 Å².